The average Bonchev–Trinajstić information content (AvgIpc) is 2.45. The highest BCUT2D eigenvalue weighted by Gasteiger charge is 2.17. The molecule has 3 nitrogen and oxygen atoms in total. The second-order valence-corrected chi connectivity index (χ2v) is 6.20. The van der Waals surface area contributed by atoms with Crippen LogP contribution >= 0.6 is 12.4 Å². The second-order valence-electron chi connectivity index (χ2n) is 6.20. The van der Waals surface area contributed by atoms with Crippen molar-refractivity contribution in [3.8, 4) is 0 Å². The zero-order chi connectivity index (χ0) is 14.5. The maximum atomic E-state index is 12.1. The molecule has 2 N–H and O–H groups in total. The maximum absolute atomic E-state index is 12.1. The zero-order valence-electron chi connectivity index (χ0n) is 13.2. The van der Waals surface area contributed by atoms with Gasteiger partial charge in [-0.25, -0.2) is 0 Å². The smallest absolute Gasteiger partial charge is 0.251 e. The van der Waals surface area contributed by atoms with E-state index in [4.69, 9.17) is 0 Å². The Hall–Kier alpha value is -1.06. The summed E-state index contributed by atoms with van der Waals surface area (Å²) in [5.74, 6) is 1.17. The van der Waals surface area contributed by atoms with Crippen molar-refractivity contribution in [1.29, 1.82) is 0 Å². The Balaban J connectivity index is 0.00000220. The number of aryl methyl sites for hydroxylation is 1. The van der Waals surface area contributed by atoms with Crippen LogP contribution in [-0.2, 0) is 0 Å². The van der Waals surface area contributed by atoms with Gasteiger partial charge in [0, 0.05) is 12.1 Å². The summed E-state index contributed by atoms with van der Waals surface area (Å²) >= 11 is 0. The number of benzene rings is 1. The summed E-state index contributed by atoms with van der Waals surface area (Å²) in [5.41, 5.74) is 3.27. The lowest BCUT2D eigenvalue weighted by Gasteiger charge is -2.23. The molecule has 1 amide bonds. The van der Waals surface area contributed by atoms with Crippen LogP contribution in [0.2, 0.25) is 0 Å². The van der Waals surface area contributed by atoms with Crippen molar-refractivity contribution < 1.29 is 4.79 Å². The molecule has 0 bridgehead atoms. The predicted molar refractivity (Wildman–Crippen MR) is 90.4 cm³/mol. The third kappa shape index (κ3) is 5.01. The molecule has 0 atom stereocenters. The summed E-state index contributed by atoms with van der Waals surface area (Å²) < 4.78 is 0. The van der Waals surface area contributed by atoms with Gasteiger partial charge in [0.25, 0.3) is 5.91 Å². The molecular weight excluding hydrogens is 284 g/mol. The predicted octanol–water partition coefficient (Wildman–Crippen LogP) is 3.27. The molecule has 0 radical (unpaired) electrons. The van der Waals surface area contributed by atoms with Crippen molar-refractivity contribution in [1.82, 2.24) is 10.6 Å². The summed E-state index contributed by atoms with van der Waals surface area (Å²) in [4.78, 5) is 12.1. The molecule has 118 valence electrons. The molecule has 0 aromatic heterocycles. The van der Waals surface area contributed by atoms with Gasteiger partial charge in [-0.1, -0.05) is 26.0 Å². The Labute approximate surface area is 134 Å². The quantitative estimate of drug-likeness (QED) is 0.896. The Bertz CT molecular complexity index is 468. The SMILES string of the molecule is Cc1cc(C2CCNCC2)ccc1C(=O)NCC(C)C.Cl. The van der Waals surface area contributed by atoms with Gasteiger partial charge in [0.05, 0.1) is 0 Å². The Kier molecular flexibility index (Phi) is 7.20. The van der Waals surface area contributed by atoms with Gasteiger partial charge in [0.1, 0.15) is 0 Å². The lowest BCUT2D eigenvalue weighted by Crippen LogP contribution is -2.28. The van der Waals surface area contributed by atoms with Crippen LogP contribution in [0.15, 0.2) is 18.2 Å². The van der Waals surface area contributed by atoms with E-state index in [9.17, 15) is 4.79 Å². The molecule has 0 unspecified atom stereocenters. The Morgan fingerprint density at radius 1 is 1.33 bits per heavy atom. The summed E-state index contributed by atoms with van der Waals surface area (Å²) in [6.07, 6.45) is 2.39. The number of amides is 1. The van der Waals surface area contributed by atoms with Crippen molar-refractivity contribution >= 4 is 18.3 Å². The van der Waals surface area contributed by atoms with Crippen molar-refractivity contribution in [2.75, 3.05) is 19.6 Å². The topological polar surface area (TPSA) is 41.1 Å². The van der Waals surface area contributed by atoms with Gasteiger partial charge in [0.15, 0.2) is 0 Å². The van der Waals surface area contributed by atoms with Crippen LogP contribution in [-0.4, -0.2) is 25.5 Å². The van der Waals surface area contributed by atoms with Crippen LogP contribution in [0, 0.1) is 12.8 Å². The molecule has 0 saturated carbocycles. The molecule has 0 spiro atoms. The lowest BCUT2D eigenvalue weighted by molar-refractivity contribution is 0.0948. The van der Waals surface area contributed by atoms with Gasteiger partial charge in [-0.15, -0.1) is 12.4 Å². The first kappa shape index (κ1) is 18.0. The average molecular weight is 311 g/mol. The van der Waals surface area contributed by atoms with Gasteiger partial charge < -0.3 is 10.6 Å². The summed E-state index contributed by atoms with van der Waals surface area (Å²) in [5, 5.41) is 6.38. The summed E-state index contributed by atoms with van der Waals surface area (Å²) in [6, 6.07) is 6.32. The third-order valence-corrected chi connectivity index (χ3v) is 3.98. The number of rotatable bonds is 4. The second kappa shape index (κ2) is 8.40. The highest BCUT2D eigenvalue weighted by Crippen LogP contribution is 2.26. The van der Waals surface area contributed by atoms with Crippen molar-refractivity contribution in [3.63, 3.8) is 0 Å². The van der Waals surface area contributed by atoms with Crippen molar-refractivity contribution in [2.45, 2.75) is 39.5 Å². The minimum atomic E-state index is 0. The number of carbonyl (C=O) groups excluding carboxylic acids is 1. The molecule has 1 saturated heterocycles. The molecule has 1 aliphatic rings. The minimum Gasteiger partial charge on any atom is -0.352 e. The van der Waals surface area contributed by atoms with Crippen LogP contribution in [0.25, 0.3) is 0 Å². The van der Waals surface area contributed by atoms with E-state index in [0.717, 1.165) is 30.8 Å². The molecule has 2 rings (SSSR count). The molecule has 4 heteroatoms. The largest absolute Gasteiger partial charge is 0.352 e. The van der Waals surface area contributed by atoms with Crippen molar-refractivity contribution in [3.05, 3.63) is 34.9 Å². The van der Waals surface area contributed by atoms with E-state index in [1.165, 1.54) is 18.4 Å². The fourth-order valence-corrected chi connectivity index (χ4v) is 2.74. The van der Waals surface area contributed by atoms with Crippen LogP contribution in [0.1, 0.15) is 54.1 Å². The number of hydrogen-bond acceptors (Lipinski definition) is 2. The standard InChI is InChI=1S/C17H26N2O.ClH/c1-12(2)11-19-17(20)16-5-4-15(10-13(16)3)14-6-8-18-9-7-14;/h4-5,10,12,14,18H,6-9,11H2,1-3H3,(H,19,20);1H. The van der Waals surface area contributed by atoms with Crippen molar-refractivity contribution in [2.24, 2.45) is 5.92 Å². The van der Waals surface area contributed by atoms with E-state index in [1.54, 1.807) is 0 Å². The van der Waals surface area contributed by atoms with Crippen LogP contribution in [0.5, 0.6) is 0 Å². The molecular formula is C17H27ClN2O. The normalized spacial score (nSPS) is 15.6. The fraction of sp³-hybridized carbons (Fsp3) is 0.588. The molecule has 1 heterocycles. The van der Waals surface area contributed by atoms with Crippen LogP contribution < -0.4 is 10.6 Å². The van der Waals surface area contributed by atoms with Gasteiger partial charge in [-0.2, -0.15) is 0 Å². The zero-order valence-corrected chi connectivity index (χ0v) is 14.1. The molecule has 0 aliphatic carbocycles. The highest BCUT2D eigenvalue weighted by molar-refractivity contribution is 5.95. The van der Waals surface area contributed by atoms with Crippen LogP contribution in [0.3, 0.4) is 0 Å². The first-order valence-electron chi connectivity index (χ1n) is 7.67. The third-order valence-electron chi connectivity index (χ3n) is 3.98. The Morgan fingerprint density at radius 2 is 2.00 bits per heavy atom. The van der Waals surface area contributed by atoms with Gasteiger partial charge >= 0.3 is 0 Å². The first-order valence-corrected chi connectivity index (χ1v) is 7.67. The number of halogens is 1. The number of nitrogens with one attached hydrogen (secondary N) is 2. The van der Waals surface area contributed by atoms with E-state index < -0.39 is 0 Å². The molecule has 1 fully saturated rings. The first-order chi connectivity index (χ1) is 9.58. The molecule has 21 heavy (non-hydrogen) atoms. The number of hydrogen-bond donors (Lipinski definition) is 2. The van der Waals surface area contributed by atoms with Gasteiger partial charge in [-0.05, 0) is 61.9 Å². The molecule has 1 aromatic carbocycles. The number of carbonyl (C=O) groups is 1. The monoisotopic (exact) mass is 310 g/mol. The minimum absolute atomic E-state index is 0. The van der Waals surface area contributed by atoms with Gasteiger partial charge in [-0.3, -0.25) is 4.79 Å². The molecule has 1 aromatic rings. The number of piperidine rings is 1. The highest BCUT2D eigenvalue weighted by atomic mass is 35.5. The van der Waals surface area contributed by atoms with E-state index >= 15 is 0 Å². The van der Waals surface area contributed by atoms with E-state index in [1.807, 2.05) is 13.0 Å². The van der Waals surface area contributed by atoms with E-state index in [2.05, 4.69) is 36.6 Å². The van der Waals surface area contributed by atoms with E-state index in [0.29, 0.717) is 11.8 Å². The van der Waals surface area contributed by atoms with Gasteiger partial charge in [0.2, 0.25) is 0 Å². The van der Waals surface area contributed by atoms with Crippen LogP contribution in [0.4, 0.5) is 0 Å². The summed E-state index contributed by atoms with van der Waals surface area (Å²) in [7, 11) is 0. The Morgan fingerprint density at radius 3 is 2.57 bits per heavy atom. The maximum Gasteiger partial charge on any atom is 0.251 e. The molecule has 1 aliphatic heterocycles. The fourth-order valence-electron chi connectivity index (χ4n) is 2.74. The summed E-state index contributed by atoms with van der Waals surface area (Å²) in [6.45, 7) is 9.17. The lowest BCUT2D eigenvalue weighted by atomic mass is 9.88. The van der Waals surface area contributed by atoms with E-state index in [-0.39, 0.29) is 18.3 Å².